The van der Waals surface area contributed by atoms with Crippen molar-refractivity contribution in [3.63, 3.8) is 0 Å². The average Bonchev–Trinajstić information content (AvgIpc) is 2.60. The molecule has 3 rings (SSSR count). The van der Waals surface area contributed by atoms with Crippen molar-refractivity contribution in [2.24, 2.45) is 5.10 Å². The Morgan fingerprint density at radius 1 is 1.09 bits per heavy atom. The molecule has 1 heterocycles. The number of hydrogen-bond donors (Lipinski definition) is 2. The van der Waals surface area contributed by atoms with Gasteiger partial charge < -0.3 is 9.73 Å². The zero-order valence-electron chi connectivity index (χ0n) is 12.0. The molecule has 0 amide bonds. The van der Waals surface area contributed by atoms with Crippen LogP contribution in [-0.4, -0.2) is 11.4 Å². The number of nitrogens with one attached hydrogen (secondary N) is 2. The monoisotopic (exact) mass is 323 g/mol. The maximum absolute atomic E-state index is 11.2. The number of anilines is 1. The van der Waals surface area contributed by atoms with Crippen LogP contribution in [0.4, 0.5) is 5.69 Å². The van der Waals surface area contributed by atoms with Crippen molar-refractivity contribution in [2.75, 3.05) is 5.32 Å². The molecule has 5 nitrogen and oxygen atoms in total. The summed E-state index contributed by atoms with van der Waals surface area (Å²) in [7, 11) is 0. The van der Waals surface area contributed by atoms with Gasteiger partial charge in [-0.3, -0.25) is 10.2 Å². The van der Waals surface area contributed by atoms with Crippen molar-refractivity contribution in [3.05, 3.63) is 71.8 Å². The maximum atomic E-state index is 11.2. The molecule has 2 aromatic carbocycles. The minimum Gasteiger partial charge on any atom is -0.463 e. The Hall–Kier alpha value is -2.99. The predicted molar refractivity (Wildman–Crippen MR) is 93.0 cm³/mol. The van der Waals surface area contributed by atoms with Crippen LogP contribution in [0.3, 0.4) is 0 Å². The van der Waals surface area contributed by atoms with Gasteiger partial charge in [-0.1, -0.05) is 30.3 Å². The fourth-order valence-corrected chi connectivity index (χ4v) is 2.26. The molecule has 0 saturated carbocycles. The van der Waals surface area contributed by atoms with Crippen molar-refractivity contribution in [2.45, 2.75) is 0 Å². The molecule has 0 saturated heterocycles. The van der Waals surface area contributed by atoms with Gasteiger partial charge in [0.2, 0.25) is 0 Å². The molecule has 114 valence electrons. The van der Waals surface area contributed by atoms with Crippen LogP contribution >= 0.6 is 12.2 Å². The van der Waals surface area contributed by atoms with E-state index < -0.39 is 0 Å². The number of carbonyl (C=O) groups is 1. The summed E-state index contributed by atoms with van der Waals surface area (Å²) < 4.78 is 5.41. The molecule has 23 heavy (non-hydrogen) atoms. The summed E-state index contributed by atoms with van der Waals surface area (Å²) >= 11 is 5.21. The van der Waals surface area contributed by atoms with Gasteiger partial charge in [0.15, 0.2) is 11.4 Å². The lowest BCUT2D eigenvalue weighted by molar-refractivity contribution is 0.112. The summed E-state index contributed by atoms with van der Waals surface area (Å²) in [6, 6.07) is 16.9. The molecule has 1 aromatic heterocycles. The average molecular weight is 323 g/mol. The number of aldehydes is 1. The predicted octanol–water partition coefficient (Wildman–Crippen LogP) is 3.05. The number of rotatable bonds is 3. The smallest absolute Gasteiger partial charge is 0.191 e. The van der Waals surface area contributed by atoms with E-state index in [0.717, 1.165) is 11.1 Å². The van der Waals surface area contributed by atoms with Gasteiger partial charge >= 0.3 is 0 Å². The third-order valence-corrected chi connectivity index (χ3v) is 3.35. The lowest BCUT2D eigenvalue weighted by atomic mass is 10.2. The zero-order valence-corrected chi connectivity index (χ0v) is 12.8. The number of carbonyl (C=O) groups excluding carboxylic acids is 1. The van der Waals surface area contributed by atoms with Gasteiger partial charge in [0, 0.05) is 11.1 Å². The van der Waals surface area contributed by atoms with Crippen LogP contribution in [0.1, 0.15) is 10.4 Å². The summed E-state index contributed by atoms with van der Waals surface area (Å²) in [5, 5.41) is 8.81. The maximum Gasteiger partial charge on any atom is 0.191 e. The van der Waals surface area contributed by atoms with Gasteiger partial charge in [-0.25, -0.2) is 0 Å². The number of thiocarbonyl (C=S) groups is 1. The van der Waals surface area contributed by atoms with Crippen molar-refractivity contribution >= 4 is 40.3 Å². The van der Waals surface area contributed by atoms with Crippen LogP contribution < -0.4 is 16.1 Å². The quantitative estimate of drug-likeness (QED) is 0.440. The normalized spacial score (nSPS) is 11.2. The van der Waals surface area contributed by atoms with Gasteiger partial charge in [-0.05, 0) is 36.5 Å². The minimum absolute atomic E-state index is 0.331. The Morgan fingerprint density at radius 2 is 1.83 bits per heavy atom. The molecular weight excluding hydrogens is 310 g/mol. The highest BCUT2D eigenvalue weighted by Crippen LogP contribution is 2.09. The molecule has 2 N–H and O–H groups in total. The molecule has 0 aliphatic carbocycles. The molecule has 0 radical (unpaired) electrons. The minimum atomic E-state index is 0.331. The Balaban J connectivity index is 1.91. The summed E-state index contributed by atoms with van der Waals surface area (Å²) in [6.45, 7) is 0. The van der Waals surface area contributed by atoms with Crippen molar-refractivity contribution in [1.82, 2.24) is 5.43 Å². The van der Waals surface area contributed by atoms with E-state index in [1.807, 2.05) is 54.6 Å². The first kappa shape index (κ1) is 14.9. The zero-order chi connectivity index (χ0) is 16.1. The van der Waals surface area contributed by atoms with Gasteiger partial charge in [-0.2, -0.15) is 5.10 Å². The van der Waals surface area contributed by atoms with Gasteiger partial charge in [0.1, 0.15) is 17.2 Å². The fraction of sp³-hybridized carbons (Fsp3) is 0. The Labute approximate surface area is 137 Å². The first-order valence-corrected chi connectivity index (χ1v) is 7.30. The molecule has 0 bridgehead atoms. The van der Waals surface area contributed by atoms with E-state index in [1.54, 1.807) is 0 Å². The van der Waals surface area contributed by atoms with Crippen molar-refractivity contribution < 1.29 is 9.21 Å². The van der Waals surface area contributed by atoms with Crippen LogP contribution in [0.5, 0.6) is 0 Å². The molecule has 0 unspecified atom stereocenters. The molecule has 0 fully saturated rings. The van der Waals surface area contributed by atoms with Gasteiger partial charge in [0.25, 0.3) is 0 Å². The lowest BCUT2D eigenvalue weighted by Gasteiger charge is -2.07. The summed E-state index contributed by atoms with van der Waals surface area (Å²) in [5.74, 6) is 0. The molecule has 0 atom stereocenters. The molecule has 0 aliphatic rings. The van der Waals surface area contributed by atoms with E-state index in [-0.39, 0.29) is 0 Å². The number of hydrogen-bond acceptors (Lipinski definition) is 4. The Bertz CT molecular complexity index is 920. The van der Waals surface area contributed by atoms with Crippen LogP contribution in [0.2, 0.25) is 0 Å². The van der Waals surface area contributed by atoms with Crippen LogP contribution in [0.15, 0.2) is 70.4 Å². The third kappa shape index (κ3) is 3.44. The largest absolute Gasteiger partial charge is 0.463 e. The van der Waals surface area contributed by atoms with Crippen molar-refractivity contribution in [3.8, 4) is 0 Å². The van der Waals surface area contributed by atoms with E-state index in [2.05, 4.69) is 15.8 Å². The molecule has 0 spiro atoms. The number of para-hydroxylation sites is 2. The highest BCUT2D eigenvalue weighted by Gasteiger charge is 2.04. The topological polar surface area (TPSA) is 66.6 Å². The highest BCUT2D eigenvalue weighted by molar-refractivity contribution is 7.80. The Morgan fingerprint density at radius 3 is 2.61 bits per heavy atom. The first-order chi connectivity index (χ1) is 11.3. The summed E-state index contributed by atoms with van der Waals surface area (Å²) in [4.78, 5) is 11.2. The van der Waals surface area contributed by atoms with Crippen LogP contribution in [0, 0.1) is 0 Å². The second-order valence-corrected chi connectivity index (χ2v) is 5.11. The molecule has 0 aliphatic heterocycles. The van der Waals surface area contributed by atoms with Crippen molar-refractivity contribution in [1.29, 1.82) is 0 Å². The second-order valence-electron chi connectivity index (χ2n) is 4.70. The highest BCUT2D eigenvalue weighted by atomic mass is 32.1. The van der Waals surface area contributed by atoms with E-state index in [0.29, 0.717) is 27.9 Å². The fourth-order valence-electron chi connectivity index (χ4n) is 2.10. The van der Waals surface area contributed by atoms with E-state index in [4.69, 9.17) is 16.6 Å². The first-order valence-electron chi connectivity index (χ1n) is 6.89. The van der Waals surface area contributed by atoms with Gasteiger partial charge in [-0.15, -0.1) is 0 Å². The lowest BCUT2D eigenvalue weighted by Crippen LogP contribution is -2.27. The second kappa shape index (κ2) is 6.85. The van der Waals surface area contributed by atoms with Gasteiger partial charge in [0.05, 0.1) is 5.56 Å². The number of nitrogens with zero attached hydrogens (tertiary/aromatic N) is 1. The van der Waals surface area contributed by atoms with E-state index >= 15 is 0 Å². The molecular formula is C17H13N3O2S. The number of fused-ring (bicyclic) bond motifs is 1. The standard InChI is InChI=1S/C17H13N3O2S/c21-10-12-11-22-15-9-5-4-8-14(15)16(12)19-20-17(23)18-13-6-2-1-3-7-13/h1-11H,(H2,18,20,23). The Kier molecular flexibility index (Phi) is 4.44. The number of benzene rings is 2. The summed E-state index contributed by atoms with van der Waals surface area (Å²) in [6.07, 6.45) is 2.08. The van der Waals surface area contributed by atoms with Crippen LogP contribution in [0.25, 0.3) is 11.0 Å². The molecule has 3 aromatic rings. The van der Waals surface area contributed by atoms with E-state index in [9.17, 15) is 4.79 Å². The van der Waals surface area contributed by atoms with E-state index in [1.165, 1.54) is 6.26 Å². The molecule has 6 heteroatoms. The van der Waals surface area contributed by atoms with Crippen LogP contribution in [-0.2, 0) is 0 Å². The SMILES string of the molecule is O=Cc1coc2ccccc2c1=NNC(=S)Nc1ccccc1. The summed E-state index contributed by atoms with van der Waals surface area (Å²) in [5.41, 5.74) is 4.60. The third-order valence-electron chi connectivity index (χ3n) is 3.16.